The van der Waals surface area contributed by atoms with Crippen LogP contribution in [0.4, 0.5) is 13.6 Å². The predicted molar refractivity (Wildman–Crippen MR) is 197 cm³/mol. The number of ether oxygens (including phenoxy) is 5. The van der Waals surface area contributed by atoms with Crippen molar-refractivity contribution in [1.29, 1.82) is 0 Å². The molecule has 0 fully saturated rings. The van der Waals surface area contributed by atoms with E-state index in [0.717, 1.165) is 5.56 Å². The molecule has 14 heteroatoms. The van der Waals surface area contributed by atoms with Crippen LogP contribution in [0.1, 0.15) is 44.4 Å². The largest absolute Gasteiger partial charge is 0.489 e. The molecule has 0 radical (unpaired) electrons. The van der Waals surface area contributed by atoms with E-state index >= 15 is 8.78 Å². The van der Waals surface area contributed by atoms with Gasteiger partial charge in [0.05, 0.1) is 31.9 Å². The van der Waals surface area contributed by atoms with Crippen molar-refractivity contribution in [3.8, 4) is 5.75 Å². The maximum atomic E-state index is 15.8. The summed E-state index contributed by atoms with van der Waals surface area (Å²) in [5, 5.41) is 7.07. The monoisotopic (exact) mass is 755 g/mol. The standard InChI is InChI=1S/C40H51F2N3O9/c1-27(2)34(25-52-26-51-21-20-50-5)44-38(48)40(41,42)36(46)33(22-29-16-18-32(19-17-29)53-23-30-12-8-6-9-13-30)43-37(47)35(28(3)4)45-39(49)54-24-31-14-10-7-11-15-31/h6-19,27-28,33-35H,20-26H2,1-5H3,(H,43,47)(H,44,48)(H,45,49)/t33-,34-,35-/m0/s1. The van der Waals surface area contributed by atoms with E-state index in [1.165, 1.54) is 7.11 Å². The van der Waals surface area contributed by atoms with Crippen LogP contribution in [0.2, 0.25) is 0 Å². The molecular formula is C40H51F2N3O9. The molecule has 294 valence electrons. The third-order valence-electron chi connectivity index (χ3n) is 8.29. The zero-order chi connectivity index (χ0) is 39.5. The van der Waals surface area contributed by atoms with Crippen molar-refractivity contribution < 1.29 is 51.6 Å². The van der Waals surface area contributed by atoms with Crippen molar-refractivity contribution in [3.63, 3.8) is 0 Å². The first kappa shape index (κ1) is 43.5. The summed E-state index contributed by atoms with van der Waals surface area (Å²) in [6.07, 6.45) is -1.32. The highest BCUT2D eigenvalue weighted by Gasteiger charge is 2.51. The van der Waals surface area contributed by atoms with E-state index in [1.54, 1.807) is 82.3 Å². The van der Waals surface area contributed by atoms with Gasteiger partial charge in [0.2, 0.25) is 11.7 Å². The van der Waals surface area contributed by atoms with E-state index in [0.29, 0.717) is 30.1 Å². The SMILES string of the molecule is COCCOCOC[C@H](NC(=O)C(F)(F)C(=O)[C@H](Cc1ccc(OCc2ccccc2)cc1)NC(=O)[C@@H](NC(=O)OCc1ccccc1)C(C)C)C(C)C. The molecule has 3 aromatic rings. The van der Waals surface area contributed by atoms with Gasteiger partial charge in [-0.2, -0.15) is 8.78 Å². The number of ketones is 1. The highest BCUT2D eigenvalue weighted by Crippen LogP contribution is 2.22. The number of Topliss-reactive ketones (excluding diaryl/α,β-unsaturated/α-hetero) is 1. The van der Waals surface area contributed by atoms with Gasteiger partial charge in [-0.25, -0.2) is 4.79 Å². The Kier molecular flexibility index (Phi) is 18.0. The minimum Gasteiger partial charge on any atom is -0.489 e. The fourth-order valence-corrected chi connectivity index (χ4v) is 5.02. The quantitative estimate of drug-likeness (QED) is 0.0672. The number of benzene rings is 3. The second-order valence-corrected chi connectivity index (χ2v) is 13.3. The van der Waals surface area contributed by atoms with Crippen LogP contribution in [0.25, 0.3) is 0 Å². The van der Waals surface area contributed by atoms with Gasteiger partial charge in [-0.1, -0.05) is 100 Å². The van der Waals surface area contributed by atoms with Crippen LogP contribution >= 0.6 is 0 Å². The van der Waals surface area contributed by atoms with Gasteiger partial charge < -0.3 is 39.6 Å². The molecule has 0 unspecified atom stereocenters. The van der Waals surface area contributed by atoms with Crippen molar-refractivity contribution in [2.75, 3.05) is 33.7 Å². The number of amides is 3. The van der Waals surface area contributed by atoms with Gasteiger partial charge in [-0.15, -0.1) is 0 Å². The molecule has 3 atom stereocenters. The number of halogens is 2. The molecule has 3 N–H and O–H groups in total. The zero-order valence-electron chi connectivity index (χ0n) is 31.3. The average Bonchev–Trinajstić information content (AvgIpc) is 3.16. The molecule has 3 aromatic carbocycles. The van der Waals surface area contributed by atoms with Crippen LogP contribution in [0, 0.1) is 11.8 Å². The van der Waals surface area contributed by atoms with E-state index in [1.807, 2.05) is 30.3 Å². The normalized spacial score (nSPS) is 13.1. The van der Waals surface area contributed by atoms with Crippen LogP contribution in [0.5, 0.6) is 5.75 Å². The van der Waals surface area contributed by atoms with Gasteiger partial charge >= 0.3 is 12.0 Å². The summed E-state index contributed by atoms with van der Waals surface area (Å²) in [6.45, 7) is 7.12. The number of hydrogen-bond acceptors (Lipinski definition) is 9. The molecule has 12 nitrogen and oxygen atoms in total. The highest BCUT2D eigenvalue weighted by molar-refractivity contribution is 6.10. The number of carbonyl (C=O) groups is 4. The first-order valence-corrected chi connectivity index (χ1v) is 17.7. The van der Waals surface area contributed by atoms with Crippen molar-refractivity contribution in [2.45, 2.75) is 71.4 Å². The maximum Gasteiger partial charge on any atom is 0.408 e. The lowest BCUT2D eigenvalue weighted by molar-refractivity contribution is -0.161. The Morgan fingerprint density at radius 3 is 1.89 bits per heavy atom. The van der Waals surface area contributed by atoms with Gasteiger partial charge in [-0.05, 0) is 40.7 Å². The fourth-order valence-electron chi connectivity index (χ4n) is 5.02. The lowest BCUT2D eigenvalue weighted by Crippen LogP contribution is -2.60. The Balaban J connectivity index is 1.77. The molecule has 3 rings (SSSR count). The maximum absolute atomic E-state index is 15.8. The molecule has 0 aliphatic heterocycles. The van der Waals surface area contributed by atoms with E-state index in [4.69, 9.17) is 23.7 Å². The number of nitrogens with one attached hydrogen (secondary N) is 3. The highest BCUT2D eigenvalue weighted by atomic mass is 19.3. The van der Waals surface area contributed by atoms with Crippen molar-refractivity contribution in [3.05, 3.63) is 102 Å². The topological polar surface area (TPSA) is 151 Å². The van der Waals surface area contributed by atoms with Crippen LogP contribution in [-0.4, -0.2) is 81.5 Å². The van der Waals surface area contributed by atoms with Crippen molar-refractivity contribution >= 4 is 23.7 Å². The lowest BCUT2D eigenvalue weighted by Gasteiger charge is -2.28. The Morgan fingerprint density at radius 2 is 1.31 bits per heavy atom. The van der Waals surface area contributed by atoms with Gasteiger partial charge in [0.1, 0.15) is 31.8 Å². The third-order valence-corrected chi connectivity index (χ3v) is 8.29. The number of hydrogen-bond donors (Lipinski definition) is 3. The molecule has 0 aliphatic rings. The lowest BCUT2D eigenvalue weighted by atomic mass is 9.96. The van der Waals surface area contributed by atoms with Crippen LogP contribution in [0.3, 0.4) is 0 Å². The summed E-state index contributed by atoms with van der Waals surface area (Å²) in [4.78, 5) is 53.0. The Morgan fingerprint density at radius 1 is 0.704 bits per heavy atom. The number of carbonyl (C=O) groups excluding carboxylic acids is 4. The van der Waals surface area contributed by atoms with E-state index in [9.17, 15) is 19.2 Å². The number of methoxy groups -OCH3 is 1. The second kappa shape index (κ2) is 22.3. The summed E-state index contributed by atoms with van der Waals surface area (Å²) in [7, 11) is 1.51. The summed E-state index contributed by atoms with van der Waals surface area (Å²) in [6, 6.07) is 20.7. The molecule has 3 amide bonds. The van der Waals surface area contributed by atoms with Crippen molar-refractivity contribution in [1.82, 2.24) is 16.0 Å². The van der Waals surface area contributed by atoms with Crippen LogP contribution in [-0.2, 0) is 53.0 Å². The molecule has 0 saturated heterocycles. The average molecular weight is 756 g/mol. The number of alkyl carbamates (subject to hydrolysis) is 1. The van der Waals surface area contributed by atoms with Gasteiger partial charge in [-0.3, -0.25) is 14.4 Å². The molecule has 0 bridgehead atoms. The first-order valence-electron chi connectivity index (χ1n) is 17.7. The summed E-state index contributed by atoms with van der Waals surface area (Å²) >= 11 is 0. The summed E-state index contributed by atoms with van der Waals surface area (Å²) in [5.74, 6) is -9.56. The molecule has 0 spiro atoms. The Bertz CT molecular complexity index is 1590. The van der Waals surface area contributed by atoms with Gasteiger partial charge in [0.25, 0.3) is 5.91 Å². The Hall–Kier alpha value is -4.92. The predicted octanol–water partition coefficient (Wildman–Crippen LogP) is 5.23. The zero-order valence-corrected chi connectivity index (χ0v) is 31.3. The number of rotatable bonds is 23. The Labute approximate surface area is 315 Å². The van der Waals surface area contributed by atoms with Gasteiger partial charge in [0.15, 0.2) is 0 Å². The minimum atomic E-state index is -4.56. The van der Waals surface area contributed by atoms with Crippen LogP contribution in [0.15, 0.2) is 84.9 Å². The smallest absolute Gasteiger partial charge is 0.408 e. The van der Waals surface area contributed by atoms with E-state index < -0.39 is 60.1 Å². The summed E-state index contributed by atoms with van der Waals surface area (Å²) < 4.78 is 58.2. The third kappa shape index (κ3) is 14.5. The van der Waals surface area contributed by atoms with Crippen molar-refractivity contribution in [2.24, 2.45) is 11.8 Å². The molecular weight excluding hydrogens is 704 g/mol. The molecule has 0 aromatic heterocycles. The molecule has 54 heavy (non-hydrogen) atoms. The van der Waals surface area contributed by atoms with E-state index in [2.05, 4.69) is 16.0 Å². The first-order chi connectivity index (χ1) is 25.8. The van der Waals surface area contributed by atoms with Gasteiger partial charge in [0, 0.05) is 13.5 Å². The molecule has 0 aliphatic carbocycles. The number of alkyl halides is 2. The summed E-state index contributed by atoms with van der Waals surface area (Å²) in [5.41, 5.74) is 2.05. The molecule has 0 heterocycles. The second-order valence-electron chi connectivity index (χ2n) is 13.3. The molecule has 0 saturated carbocycles. The van der Waals surface area contributed by atoms with Crippen LogP contribution < -0.4 is 20.7 Å². The fraction of sp³-hybridized carbons (Fsp3) is 0.450. The van der Waals surface area contributed by atoms with E-state index in [-0.39, 0.29) is 32.5 Å². The minimum absolute atomic E-state index is 0.0735.